The molecule has 0 saturated carbocycles. The number of hydrogen-bond acceptors (Lipinski definition) is 3. The van der Waals surface area contributed by atoms with E-state index in [4.69, 9.17) is 0 Å². The Morgan fingerprint density at radius 2 is 2.24 bits per heavy atom. The number of aryl methyl sites for hydroxylation is 2. The van der Waals surface area contributed by atoms with Gasteiger partial charge in [-0.05, 0) is 38.3 Å². The van der Waals surface area contributed by atoms with E-state index in [0.29, 0.717) is 0 Å². The molecule has 114 valence electrons. The molecule has 5 nitrogen and oxygen atoms in total. The molecule has 0 spiro atoms. The van der Waals surface area contributed by atoms with Crippen LogP contribution in [-0.4, -0.2) is 37.3 Å². The molecule has 2 aromatic rings. The van der Waals surface area contributed by atoms with Crippen LogP contribution in [0.3, 0.4) is 0 Å². The van der Waals surface area contributed by atoms with Crippen LogP contribution in [-0.2, 0) is 26.6 Å². The second-order valence-corrected chi connectivity index (χ2v) is 6.04. The number of likely N-dealkylation sites (tertiary alicyclic amines) is 1. The predicted octanol–water partition coefficient (Wildman–Crippen LogP) is 2.09. The van der Waals surface area contributed by atoms with Crippen molar-refractivity contribution in [2.45, 2.75) is 39.3 Å². The SMILES string of the molecule is CCn1nccc1CN1CCCC(Cc2nccn2C)C1. The van der Waals surface area contributed by atoms with Gasteiger partial charge in [0.05, 0.1) is 5.69 Å². The minimum atomic E-state index is 0.720. The maximum absolute atomic E-state index is 4.47. The number of piperidine rings is 1. The third kappa shape index (κ3) is 3.35. The van der Waals surface area contributed by atoms with E-state index in [-0.39, 0.29) is 0 Å². The van der Waals surface area contributed by atoms with Gasteiger partial charge in [-0.2, -0.15) is 5.10 Å². The quantitative estimate of drug-likeness (QED) is 0.845. The van der Waals surface area contributed by atoms with Gasteiger partial charge in [-0.25, -0.2) is 4.98 Å². The first kappa shape index (κ1) is 14.3. The molecule has 0 N–H and O–H groups in total. The summed E-state index contributed by atoms with van der Waals surface area (Å²) in [6.07, 6.45) is 9.54. The molecule has 0 bridgehead atoms. The van der Waals surface area contributed by atoms with Crippen LogP contribution in [0.15, 0.2) is 24.7 Å². The molecule has 1 saturated heterocycles. The van der Waals surface area contributed by atoms with Gasteiger partial charge < -0.3 is 4.57 Å². The first-order valence-corrected chi connectivity index (χ1v) is 7.95. The number of nitrogens with zero attached hydrogens (tertiary/aromatic N) is 5. The van der Waals surface area contributed by atoms with Crippen molar-refractivity contribution in [2.24, 2.45) is 13.0 Å². The Kier molecular flexibility index (Phi) is 4.39. The van der Waals surface area contributed by atoms with Crippen LogP contribution in [0.25, 0.3) is 0 Å². The molecule has 3 rings (SSSR count). The summed E-state index contributed by atoms with van der Waals surface area (Å²) >= 11 is 0. The highest BCUT2D eigenvalue weighted by Gasteiger charge is 2.22. The lowest BCUT2D eigenvalue weighted by Gasteiger charge is -2.32. The molecule has 2 aromatic heterocycles. The van der Waals surface area contributed by atoms with Crippen molar-refractivity contribution >= 4 is 0 Å². The highest BCUT2D eigenvalue weighted by molar-refractivity contribution is 5.01. The first-order chi connectivity index (χ1) is 10.3. The van der Waals surface area contributed by atoms with Gasteiger partial charge in [0.2, 0.25) is 0 Å². The minimum absolute atomic E-state index is 0.720. The van der Waals surface area contributed by atoms with Gasteiger partial charge >= 0.3 is 0 Å². The average molecular weight is 287 g/mol. The zero-order chi connectivity index (χ0) is 14.7. The minimum Gasteiger partial charge on any atom is -0.338 e. The summed E-state index contributed by atoms with van der Waals surface area (Å²) < 4.78 is 4.24. The molecule has 1 atom stereocenters. The van der Waals surface area contributed by atoms with Crippen molar-refractivity contribution < 1.29 is 0 Å². The molecule has 1 fully saturated rings. The monoisotopic (exact) mass is 287 g/mol. The highest BCUT2D eigenvalue weighted by atomic mass is 15.3. The van der Waals surface area contributed by atoms with Crippen molar-refractivity contribution in [3.05, 3.63) is 36.2 Å². The van der Waals surface area contributed by atoms with Gasteiger partial charge in [0.25, 0.3) is 0 Å². The topological polar surface area (TPSA) is 38.9 Å². The molecule has 21 heavy (non-hydrogen) atoms. The van der Waals surface area contributed by atoms with E-state index < -0.39 is 0 Å². The van der Waals surface area contributed by atoms with Gasteiger partial charge in [-0.15, -0.1) is 0 Å². The lowest BCUT2D eigenvalue weighted by Crippen LogP contribution is -2.36. The maximum atomic E-state index is 4.47. The summed E-state index contributed by atoms with van der Waals surface area (Å²) in [4.78, 5) is 7.04. The van der Waals surface area contributed by atoms with Crippen LogP contribution in [0.4, 0.5) is 0 Å². The number of aromatic nitrogens is 4. The lowest BCUT2D eigenvalue weighted by molar-refractivity contribution is 0.161. The second-order valence-electron chi connectivity index (χ2n) is 6.04. The Balaban J connectivity index is 1.59. The van der Waals surface area contributed by atoms with E-state index in [0.717, 1.165) is 25.4 Å². The van der Waals surface area contributed by atoms with Crippen LogP contribution < -0.4 is 0 Å². The Hall–Kier alpha value is -1.62. The summed E-state index contributed by atoms with van der Waals surface area (Å²) in [5.74, 6) is 1.93. The molecular formula is C16H25N5. The van der Waals surface area contributed by atoms with Crippen LogP contribution in [0.5, 0.6) is 0 Å². The maximum Gasteiger partial charge on any atom is 0.108 e. The average Bonchev–Trinajstić information content (AvgIpc) is 3.09. The Bertz CT molecular complexity index is 571. The largest absolute Gasteiger partial charge is 0.338 e. The van der Waals surface area contributed by atoms with Crippen molar-refractivity contribution in [3.8, 4) is 0 Å². The van der Waals surface area contributed by atoms with Crippen LogP contribution in [0.2, 0.25) is 0 Å². The fourth-order valence-corrected chi connectivity index (χ4v) is 3.32. The number of hydrogen-bond donors (Lipinski definition) is 0. The zero-order valence-corrected chi connectivity index (χ0v) is 13.1. The summed E-state index contributed by atoms with van der Waals surface area (Å²) in [7, 11) is 2.09. The standard InChI is InChI=1S/C16H25N5/c1-3-21-15(6-7-18-21)13-20-9-4-5-14(12-20)11-16-17-8-10-19(16)2/h6-8,10,14H,3-5,9,11-13H2,1-2H3. The van der Waals surface area contributed by atoms with E-state index in [9.17, 15) is 0 Å². The molecule has 3 heterocycles. The molecule has 0 aromatic carbocycles. The zero-order valence-electron chi connectivity index (χ0n) is 13.1. The summed E-state index contributed by atoms with van der Waals surface area (Å²) in [6.45, 7) is 6.49. The first-order valence-electron chi connectivity index (χ1n) is 7.95. The third-order valence-electron chi connectivity index (χ3n) is 4.48. The second kappa shape index (κ2) is 6.43. The smallest absolute Gasteiger partial charge is 0.108 e. The normalized spacial score (nSPS) is 20.0. The molecule has 0 radical (unpaired) electrons. The molecule has 1 unspecified atom stereocenters. The number of imidazole rings is 1. The van der Waals surface area contributed by atoms with E-state index in [2.05, 4.69) is 44.3 Å². The van der Waals surface area contributed by atoms with Gasteiger partial charge in [-0.3, -0.25) is 9.58 Å². The van der Waals surface area contributed by atoms with E-state index in [1.54, 1.807) is 0 Å². The van der Waals surface area contributed by atoms with Crippen LogP contribution in [0.1, 0.15) is 31.3 Å². The summed E-state index contributed by atoms with van der Waals surface area (Å²) in [5, 5.41) is 4.37. The van der Waals surface area contributed by atoms with Gasteiger partial charge in [0.1, 0.15) is 5.82 Å². The Morgan fingerprint density at radius 3 is 3.00 bits per heavy atom. The van der Waals surface area contributed by atoms with Crippen LogP contribution in [0, 0.1) is 5.92 Å². The molecule has 5 heteroatoms. The third-order valence-corrected chi connectivity index (χ3v) is 4.48. The molecular weight excluding hydrogens is 262 g/mol. The van der Waals surface area contributed by atoms with Crippen molar-refractivity contribution in [1.82, 2.24) is 24.2 Å². The molecule has 1 aliphatic rings. The Morgan fingerprint density at radius 1 is 1.33 bits per heavy atom. The summed E-state index contributed by atoms with van der Waals surface area (Å²) in [5.41, 5.74) is 1.33. The van der Waals surface area contributed by atoms with Gasteiger partial charge in [0.15, 0.2) is 0 Å². The predicted molar refractivity (Wildman–Crippen MR) is 82.8 cm³/mol. The van der Waals surface area contributed by atoms with Crippen LogP contribution >= 0.6 is 0 Å². The Labute approximate surface area is 126 Å². The van der Waals surface area contributed by atoms with E-state index >= 15 is 0 Å². The molecule has 1 aliphatic heterocycles. The van der Waals surface area contributed by atoms with Crippen molar-refractivity contribution in [1.29, 1.82) is 0 Å². The van der Waals surface area contributed by atoms with Crippen molar-refractivity contribution in [2.75, 3.05) is 13.1 Å². The highest BCUT2D eigenvalue weighted by Crippen LogP contribution is 2.21. The fourth-order valence-electron chi connectivity index (χ4n) is 3.32. The van der Waals surface area contributed by atoms with Gasteiger partial charge in [-0.1, -0.05) is 0 Å². The van der Waals surface area contributed by atoms with E-state index in [1.807, 2.05) is 18.6 Å². The molecule has 0 amide bonds. The summed E-state index contributed by atoms with van der Waals surface area (Å²) in [6, 6.07) is 2.14. The van der Waals surface area contributed by atoms with Crippen molar-refractivity contribution in [3.63, 3.8) is 0 Å². The number of rotatable bonds is 5. The van der Waals surface area contributed by atoms with Gasteiger partial charge in [0, 0.05) is 51.7 Å². The fraction of sp³-hybridized carbons (Fsp3) is 0.625. The lowest BCUT2D eigenvalue weighted by atomic mass is 9.94. The molecule has 0 aliphatic carbocycles. The van der Waals surface area contributed by atoms with E-state index in [1.165, 1.54) is 37.4 Å².